The Balaban J connectivity index is 2.03. The van der Waals surface area contributed by atoms with Gasteiger partial charge in [-0.3, -0.25) is 0 Å². The number of methoxy groups -OCH3 is 1. The third-order valence-corrected chi connectivity index (χ3v) is 4.49. The number of benzene rings is 2. The van der Waals surface area contributed by atoms with Gasteiger partial charge in [0.1, 0.15) is 6.61 Å². The van der Waals surface area contributed by atoms with Gasteiger partial charge in [-0.25, -0.2) is 0 Å². The summed E-state index contributed by atoms with van der Waals surface area (Å²) < 4.78 is 11.5. The van der Waals surface area contributed by atoms with Crippen molar-refractivity contribution in [2.24, 2.45) is 0 Å². The van der Waals surface area contributed by atoms with Crippen LogP contribution in [0.3, 0.4) is 0 Å². The van der Waals surface area contributed by atoms with E-state index in [9.17, 15) is 0 Å². The molecule has 2 rings (SSSR count). The molecule has 2 aromatic rings. The molecule has 0 unspecified atom stereocenters. The number of halogens is 2. The molecule has 0 saturated heterocycles. The highest BCUT2D eigenvalue weighted by Crippen LogP contribution is 2.33. The third kappa shape index (κ3) is 6.04. The highest BCUT2D eigenvalue weighted by molar-refractivity contribution is 6.35. The molecule has 26 heavy (non-hydrogen) atoms. The number of ether oxygens (including phenoxy) is 2. The number of para-hydroxylation sites is 1. The van der Waals surface area contributed by atoms with Crippen LogP contribution in [0.2, 0.25) is 10.0 Å². The van der Waals surface area contributed by atoms with Crippen LogP contribution in [0, 0.1) is 0 Å². The van der Waals surface area contributed by atoms with Crippen molar-refractivity contribution in [2.45, 2.75) is 13.2 Å². The summed E-state index contributed by atoms with van der Waals surface area (Å²) in [4.78, 5) is 0. The van der Waals surface area contributed by atoms with Gasteiger partial charge in [-0.1, -0.05) is 41.4 Å². The number of aliphatic hydroxyl groups is 1. The van der Waals surface area contributed by atoms with Crippen LogP contribution < -0.4 is 20.1 Å². The van der Waals surface area contributed by atoms with Crippen molar-refractivity contribution in [3.63, 3.8) is 0 Å². The van der Waals surface area contributed by atoms with E-state index in [0.29, 0.717) is 34.6 Å². The van der Waals surface area contributed by atoms with Gasteiger partial charge < -0.3 is 25.2 Å². The molecule has 0 aliphatic rings. The quantitative estimate of drug-likeness (QED) is 0.507. The highest BCUT2D eigenvalue weighted by Gasteiger charge is 2.13. The van der Waals surface area contributed by atoms with Crippen molar-refractivity contribution < 1.29 is 14.6 Å². The molecule has 0 aliphatic carbocycles. The van der Waals surface area contributed by atoms with E-state index in [4.69, 9.17) is 37.8 Å². The van der Waals surface area contributed by atoms with Gasteiger partial charge in [-0.15, -0.1) is 0 Å². The molecule has 0 atom stereocenters. The summed E-state index contributed by atoms with van der Waals surface area (Å²) in [6.07, 6.45) is 0. The topological polar surface area (TPSA) is 62.8 Å². The largest absolute Gasteiger partial charge is 0.493 e. The second-order valence-corrected chi connectivity index (χ2v) is 6.40. The molecule has 2 aromatic carbocycles. The predicted molar refractivity (Wildman–Crippen MR) is 105 cm³/mol. The van der Waals surface area contributed by atoms with Crippen molar-refractivity contribution in [1.29, 1.82) is 0 Å². The van der Waals surface area contributed by atoms with Crippen LogP contribution in [0.5, 0.6) is 11.5 Å². The Hall–Kier alpha value is -1.50. The SMILES string of the molecule is COc1cccc(CNCCNCCO)c1OCc1c(Cl)cccc1Cl. The molecule has 0 radical (unpaired) electrons. The number of aliphatic hydroxyl groups excluding tert-OH is 1. The van der Waals surface area contributed by atoms with Gasteiger partial charge in [0.2, 0.25) is 0 Å². The summed E-state index contributed by atoms with van der Waals surface area (Å²) >= 11 is 12.4. The third-order valence-electron chi connectivity index (χ3n) is 3.79. The van der Waals surface area contributed by atoms with Gasteiger partial charge in [0.15, 0.2) is 11.5 Å². The van der Waals surface area contributed by atoms with E-state index >= 15 is 0 Å². The zero-order valence-corrected chi connectivity index (χ0v) is 16.2. The fourth-order valence-corrected chi connectivity index (χ4v) is 2.95. The van der Waals surface area contributed by atoms with Gasteiger partial charge in [0.05, 0.1) is 13.7 Å². The summed E-state index contributed by atoms with van der Waals surface area (Å²) in [5.41, 5.74) is 1.73. The van der Waals surface area contributed by atoms with Crippen molar-refractivity contribution >= 4 is 23.2 Å². The molecule has 0 fully saturated rings. The molecule has 0 spiro atoms. The van der Waals surface area contributed by atoms with E-state index < -0.39 is 0 Å². The lowest BCUT2D eigenvalue weighted by Gasteiger charge is -2.16. The van der Waals surface area contributed by atoms with Gasteiger partial charge in [-0.05, 0) is 18.2 Å². The smallest absolute Gasteiger partial charge is 0.166 e. The monoisotopic (exact) mass is 398 g/mol. The van der Waals surface area contributed by atoms with Gasteiger partial charge in [-0.2, -0.15) is 0 Å². The minimum atomic E-state index is 0.137. The predicted octanol–water partition coefficient (Wildman–Crippen LogP) is 3.25. The molecular formula is C19H24Cl2N2O3. The summed E-state index contributed by atoms with van der Waals surface area (Å²) in [5, 5.41) is 16.4. The molecule has 0 aromatic heterocycles. The van der Waals surface area contributed by atoms with Crippen molar-refractivity contribution in [2.75, 3.05) is 33.4 Å². The lowest BCUT2D eigenvalue weighted by atomic mass is 10.1. The average Bonchev–Trinajstić information content (AvgIpc) is 2.64. The Kier molecular flexibility index (Phi) is 9.01. The minimum Gasteiger partial charge on any atom is -0.493 e. The molecule has 7 heteroatoms. The Morgan fingerprint density at radius 3 is 2.35 bits per heavy atom. The fraction of sp³-hybridized carbons (Fsp3) is 0.368. The summed E-state index contributed by atoms with van der Waals surface area (Å²) in [6, 6.07) is 11.1. The summed E-state index contributed by atoms with van der Waals surface area (Å²) in [5.74, 6) is 1.33. The van der Waals surface area contributed by atoms with Crippen LogP contribution >= 0.6 is 23.2 Å². The van der Waals surface area contributed by atoms with E-state index in [-0.39, 0.29) is 13.2 Å². The standard InChI is InChI=1S/C19H24Cl2N2O3/c1-25-18-7-2-4-14(12-23-9-8-22-10-11-24)19(18)26-13-15-16(20)5-3-6-17(15)21/h2-7,22-24H,8-13H2,1H3. The lowest BCUT2D eigenvalue weighted by molar-refractivity contribution is 0.280. The molecule has 0 bridgehead atoms. The molecular weight excluding hydrogens is 375 g/mol. The van der Waals surface area contributed by atoms with Crippen molar-refractivity contribution in [1.82, 2.24) is 10.6 Å². The van der Waals surface area contributed by atoms with Crippen LogP contribution in [-0.4, -0.2) is 38.5 Å². The first-order valence-electron chi connectivity index (χ1n) is 8.41. The molecule has 0 amide bonds. The Morgan fingerprint density at radius 2 is 1.65 bits per heavy atom. The number of nitrogens with one attached hydrogen (secondary N) is 2. The second kappa shape index (κ2) is 11.3. The maximum absolute atomic E-state index is 8.75. The minimum absolute atomic E-state index is 0.137. The average molecular weight is 399 g/mol. The second-order valence-electron chi connectivity index (χ2n) is 5.59. The Morgan fingerprint density at radius 1 is 0.962 bits per heavy atom. The van der Waals surface area contributed by atoms with Crippen LogP contribution in [0.25, 0.3) is 0 Å². The number of rotatable bonds is 11. The van der Waals surface area contributed by atoms with Gasteiger partial charge in [0, 0.05) is 47.4 Å². The number of hydrogen-bond donors (Lipinski definition) is 3. The molecule has 5 nitrogen and oxygen atoms in total. The van der Waals surface area contributed by atoms with Gasteiger partial charge in [0.25, 0.3) is 0 Å². The van der Waals surface area contributed by atoms with Crippen LogP contribution in [-0.2, 0) is 13.2 Å². The van der Waals surface area contributed by atoms with Crippen LogP contribution in [0.4, 0.5) is 0 Å². The molecule has 0 aliphatic heterocycles. The molecule has 0 heterocycles. The van der Waals surface area contributed by atoms with E-state index in [1.54, 1.807) is 25.3 Å². The first-order chi connectivity index (χ1) is 12.7. The normalized spacial score (nSPS) is 10.8. The molecule has 0 saturated carbocycles. The fourth-order valence-electron chi connectivity index (χ4n) is 2.44. The molecule has 3 N–H and O–H groups in total. The van der Waals surface area contributed by atoms with Crippen molar-refractivity contribution in [3.8, 4) is 11.5 Å². The zero-order valence-electron chi connectivity index (χ0n) is 14.7. The first kappa shape index (κ1) is 20.8. The summed E-state index contributed by atoms with van der Waals surface area (Å²) in [6.45, 7) is 3.16. The Labute approximate surface area is 164 Å². The number of hydrogen-bond acceptors (Lipinski definition) is 5. The summed E-state index contributed by atoms with van der Waals surface area (Å²) in [7, 11) is 1.61. The van der Waals surface area contributed by atoms with E-state index in [0.717, 1.165) is 24.2 Å². The van der Waals surface area contributed by atoms with E-state index in [1.807, 2.05) is 18.2 Å². The first-order valence-corrected chi connectivity index (χ1v) is 9.16. The Bertz CT molecular complexity index is 678. The van der Waals surface area contributed by atoms with E-state index in [2.05, 4.69) is 10.6 Å². The maximum Gasteiger partial charge on any atom is 0.166 e. The van der Waals surface area contributed by atoms with Gasteiger partial charge >= 0.3 is 0 Å². The van der Waals surface area contributed by atoms with Crippen LogP contribution in [0.15, 0.2) is 36.4 Å². The lowest BCUT2D eigenvalue weighted by Crippen LogP contribution is -2.28. The molecule has 142 valence electrons. The maximum atomic E-state index is 8.75. The zero-order chi connectivity index (χ0) is 18.8. The highest BCUT2D eigenvalue weighted by atomic mass is 35.5. The van der Waals surface area contributed by atoms with Crippen LogP contribution in [0.1, 0.15) is 11.1 Å². The van der Waals surface area contributed by atoms with Crippen molar-refractivity contribution in [3.05, 3.63) is 57.6 Å². The van der Waals surface area contributed by atoms with E-state index in [1.165, 1.54) is 0 Å².